The predicted octanol–water partition coefficient (Wildman–Crippen LogP) is 4.05. The summed E-state index contributed by atoms with van der Waals surface area (Å²) in [5.41, 5.74) is 0.0297. The molecule has 0 unspecified atom stereocenters. The van der Waals surface area contributed by atoms with Gasteiger partial charge in [-0.2, -0.15) is 0 Å². The first-order chi connectivity index (χ1) is 9.81. The third-order valence-corrected chi connectivity index (χ3v) is 4.64. The lowest BCUT2D eigenvalue weighted by molar-refractivity contribution is 0.403. The van der Waals surface area contributed by atoms with Crippen molar-refractivity contribution < 1.29 is 17.5 Å². The first kappa shape index (κ1) is 16.1. The van der Waals surface area contributed by atoms with Gasteiger partial charge in [0.25, 0.3) is 10.0 Å². The van der Waals surface area contributed by atoms with Crippen molar-refractivity contribution >= 4 is 43.2 Å². The lowest BCUT2D eigenvalue weighted by Gasteiger charge is -2.12. The zero-order valence-corrected chi connectivity index (χ0v) is 13.9. The molecule has 0 aliphatic heterocycles. The maximum Gasteiger partial charge on any atom is 0.265 e. The van der Waals surface area contributed by atoms with E-state index in [0.29, 0.717) is 4.47 Å². The molecule has 21 heavy (non-hydrogen) atoms. The third kappa shape index (κ3) is 3.87. The Bertz CT molecular complexity index is 763. The van der Waals surface area contributed by atoms with Gasteiger partial charge in [-0.15, -0.1) is 0 Å². The number of benzene rings is 2. The molecule has 0 saturated carbocycles. The highest BCUT2D eigenvalue weighted by Crippen LogP contribution is 2.29. The van der Waals surface area contributed by atoms with Gasteiger partial charge in [0, 0.05) is 9.50 Å². The van der Waals surface area contributed by atoms with Crippen molar-refractivity contribution in [3.8, 4) is 5.75 Å². The molecular formula is C13H10BrClFNO3S. The minimum atomic E-state index is -3.94. The highest BCUT2D eigenvalue weighted by molar-refractivity contribution is 9.10. The SMILES string of the molecule is COc1ccc(Br)cc1S(=O)(=O)Nc1cc(F)cc(Cl)c1. The smallest absolute Gasteiger partial charge is 0.265 e. The highest BCUT2D eigenvalue weighted by atomic mass is 79.9. The second-order valence-electron chi connectivity index (χ2n) is 4.06. The Labute approximate surface area is 135 Å². The van der Waals surface area contributed by atoms with Crippen LogP contribution in [0, 0.1) is 5.82 Å². The van der Waals surface area contributed by atoms with Crippen LogP contribution in [0.4, 0.5) is 10.1 Å². The van der Waals surface area contributed by atoms with Crippen LogP contribution in [0.2, 0.25) is 5.02 Å². The number of halogens is 3. The van der Waals surface area contributed by atoms with Gasteiger partial charge in [0.2, 0.25) is 0 Å². The monoisotopic (exact) mass is 393 g/mol. The van der Waals surface area contributed by atoms with Gasteiger partial charge in [0.05, 0.1) is 12.8 Å². The summed E-state index contributed by atoms with van der Waals surface area (Å²) in [4.78, 5) is -0.0697. The van der Waals surface area contributed by atoms with Crippen molar-refractivity contribution in [3.05, 3.63) is 51.7 Å². The van der Waals surface area contributed by atoms with E-state index >= 15 is 0 Å². The Kier molecular flexibility index (Phi) is 4.75. The number of hydrogen-bond donors (Lipinski definition) is 1. The quantitative estimate of drug-likeness (QED) is 0.851. The predicted molar refractivity (Wildman–Crippen MR) is 82.9 cm³/mol. The van der Waals surface area contributed by atoms with Gasteiger partial charge >= 0.3 is 0 Å². The largest absolute Gasteiger partial charge is 0.495 e. The number of nitrogens with one attached hydrogen (secondary N) is 1. The second kappa shape index (κ2) is 6.21. The number of hydrogen-bond acceptors (Lipinski definition) is 3. The number of rotatable bonds is 4. The molecule has 4 nitrogen and oxygen atoms in total. The van der Waals surface area contributed by atoms with Crippen LogP contribution in [0.15, 0.2) is 45.8 Å². The minimum absolute atomic E-state index is 0.0297. The molecule has 2 rings (SSSR count). The molecule has 0 atom stereocenters. The first-order valence-electron chi connectivity index (χ1n) is 5.64. The standard InChI is InChI=1S/C13H10BrClFNO3S/c1-20-12-3-2-8(14)4-13(12)21(18,19)17-11-6-9(15)5-10(16)7-11/h2-7,17H,1H3. The molecule has 0 bridgehead atoms. The van der Waals surface area contributed by atoms with Crippen LogP contribution >= 0.6 is 27.5 Å². The molecule has 2 aromatic rings. The summed E-state index contributed by atoms with van der Waals surface area (Å²) >= 11 is 8.90. The zero-order valence-electron chi connectivity index (χ0n) is 10.7. The lowest BCUT2D eigenvalue weighted by atomic mass is 10.3. The van der Waals surface area contributed by atoms with E-state index in [4.69, 9.17) is 16.3 Å². The summed E-state index contributed by atoms with van der Waals surface area (Å²) in [6.07, 6.45) is 0. The summed E-state index contributed by atoms with van der Waals surface area (Å²) in [6.45, 7) is 0. The van der Waals surface area contributed by atoms with Gasteiger partial charge in [0.15, 0.2) is 0 Å². The summed E-state index contributed by atoms with van der Waals surface area (Å²) < 4.78 is 45.9. The third-order valence-electron chi connectivity index (χ3n) is 2.53. The van der Waals surface area contributed by atoms with E-state index in [1.807, 2.05) is 0 Å². The number of anilines is 1. The number of sulfonamides is 1. The molecule has 0 fully saturated rings. The lowest BCUT2D eigenvalue weighted by Crippen LogP contribution is -2.14. The molecule has 0 amide bonds. The molecule has 0 aromatic heterocycles. The Morgan fingerprint density at radius 2 is 1.95 bits per heavy atom. The normalized spacial score (nSPS) is 11.2. The molecule has 1 N–H and O–H groups in total. The van der Waals surface area contributed by atoms with Crippen molar-refractivity contribution in [1.29, 1.82) is 0 Å². The fourth-order valence-corrected chi connectivity index (χ4v) is 3.65. The van der Waals surface area contributed by atoms with Crippen molar-refractivity contribution in [2.75, 3.05) is 11.8 Å². The number of ether oxygens (including phenoxy) is 1. The van der Waals surface area contributed by atoms with E-state index in [1.54, 1.807) is 6.07 Å². The highest BCUT2D eigenvalue weighted by Gasteiger charge is 2.20. The molecule has 8 heteroatoms. The molecule has 0 aliphatic carbocycles. The Balaban J connectivity index is 2.45. The van der Waals surface area contributed by atoms with E-state index in [2.05, 4.69) is 20.7 Å². The van der Waals surface area contributed by atoms with Crippen LogP contribution in [0.1, 0.15) is 0 Å². The van der Waals surface area contributed by atoms with Gasteiger partial charge < -0.3 is 4.74 Å². The average molecular weight is 395 g/mol. The summed E-state index contributed by atoms with van der Waals surface area (Å²) in [7, 11) is -2.58. The molecule has 0 heterocycles. The van der Waals surface area contributed by atoms with Gasteiger partial charge in [-0.05, 0) is 36.4 Å². The number of methoxy groups -OCH3 is 1. The van der Waals surface area contributed by atoms with Gasteiger partial charge in [-0.25, -0.2) is 12.8 Å². The van der Waals surface area contributed by atoms with Crippen molar-refractivity contribution in [2.24, 2.45) is 0 Å². The molecule has 112 valence electrons. The average Bonchev–Trinajstić information content (AvgIpc) is 2.36. The van der Waals surface area contributed by atoms with E-state index in [1.165, 1.54) is 25.3 Å². The van der Waals surface area contributed by atoms with Crippen molar-refractivity contribution in [1.82, 2.24) is 0 Å². The van der Waals surface area contributed by atoms with E-state index in [-0.39, 0.29) is 21.4 Å². The van der Waals surface area contributed by atoms with Gasteiger partial charge in [-0.1, -0.05) is 27.5 Å². The molecule has 0 saturated heterocycles. The van der Waals surface area contributed by atoms with Crippen LogP contribution in [0.5, 0.6) is 5.75 Å². The maximum atomic E-state index is 13.3. The van der Waals surface area contributed by atoms with Gasteiger partial charge in [-0.3, -0.25) is 4.72 Å². The Morgan fingerprint density at radius 1 is 1.24 bits per heavy atom. The topological polar surface area (TPSA) is 55.4 Å². The summed E-state index contributed by atoms with van der Waals surface area (Å²) in [6, 6.07) is 7.98. The van der Waals surface area contributed by atoms with Crippen molar-refractivity contribution in [3.63, 3.8) is 0 Å². The Morgan fingerprint density at radius 3 is 2.57 bits per heavy atom. The molecule has 0 radical (unpaired) electrons. The second-order valence-corrected chi connectivity index (χ2v) is 7.06. The van der Waals surface area contributed by atoms with E-state index < -0.39 is 15.8 Å². The fraction of sp³-hybridized carbons (Fsp3) is 0.0769. The zero-order chi connectivity index (χ0) is 15.6. The minimum Gasteiger partial charge on any atom is -0.495 e. The van der Waals surface area contributed by atoms with Crippen LogP contribution in [0.25, 0.3) is 0 Å². The molecule has 0 spiro atoms. The molecule has 0 aliphatic rings. The van der Waals surface area contributed by atoms with Crippen LogP contribution in [-0.4, -0.2) is 15.5 Å². The summed E-state index contributed by atoms with van der Waals surface area (Å²) in [5.74, 6) is -0.463. The van der Waals surface area contributed by atoms with Crippen LogP contribution in [-0.2, 0) is 10.0 Å². The van der Waals surface area contributed by atoms with Gasteiger partial charge in [0.1, 0.15) is 16.5 Å². The summed E-state index contributed by atoms with van der Waals surface area (Å²) in [5, 5.41) is 0.0916. The molecular weight excluding hydrogens is 385 g/mol. The first-order valence-corrected chi connectivity index (χ1v) is 8.30. The molecule has 2 aromatic carbocycles. The maximum absolute atomic E-state index is 13.3. The van der Waals surface area contributed by atoms with E-state index in [0.717, 1.165) is 12.1 Å². The van der Waals surface area contributed by atoms with Crippen LogP contribution < -0.4 is 9.46 Å². The van der Waals surface area contributed by atoms with E-state index in [9.17, 15) is 12.8 Å². The Hall–Kier alpha value is -1.31. The van der Waals surface area contributed by atoms with Crippen molar-refractivity contribution in [2.45, 2.75) is 4.90 Å². The van der Waals surface area contributed by atoms with Crippen LogP contribution in [0.3, 0.4) is 0 Å². The fourth-order valence-electron chi connectivity index (χ4n) is 1.68.